The Balaban J connectivity index is 1.30. The first kappa shape index (κ1) is 15.0. The molecular formula is C21H22N2O2. The number of anilines is 1. The van der Waals surface area contributed by atoms with E-state index in [-0.39, 0.29) is 18.2 Å². The summed E-state index contributed by atoms with van der Waals surface area (Å²) in [4.78, 5) is 14.6. The minimum absolute atomic E-state index is 0.0207. The van der Waals surface area contributed by atoms with E-state index in [1.54, 1.807) is 0 Å². The van der Waals surface area contributed by atoms with Crippen LogP contribution in [-0.4, -0.2) is 34.7 Å². The Hall–Kier alpha value is -2.33. The van der Waals surface area contributed by atoms with Crippen molar-refractivity contribution in [2.45, 2.75) is 25.0 Å². The number of nitrogens with one attached hydrogen (secondary N) is 1. The lowest BCUT2D eigenvalue weighted by Gasteiger charge is -2.28. The average molecular weight is 334 g/mol. The molecule has 2 amide bonds. The molecule has 4 heteroatoms. The van der Waals surface area contributed by atoms with Crippen LogP contribution in [0.4, 0.5) is 10.5 Å². The van der Waals surface area contributed by atoms with Crippen molar-refractivity contribution >= 4 is 11.7 Å². The van der Waals surface area contributed by atoms with Crippen LogP contribution in [0.2, 0.25) is 0 Å². The third-order valence-electron chi connectivity index (χ3n) is 6.35. The molecule has 1 heterocycles. The molecule has 2 N–H and O–H groups in total. The van der Waals surface area contributed by atoms with Crippen molar-refractivity contribution in [1.82, 2.24) is 4.90 Å². The predicted molar refractivity (Wildman–Crippen MR) is 97.1 cm³/mol. The Morgan fingerprint density at radius 2 is 1.68 bits per heavy atom. The van der Waals surface area contributed by atoms with E-state index in [9.17, 15) is 9.90 Å². The van der Waals surface area contributed by atoms with Crippen LogP contribution in [0.25, 0.3) is 11.1 Å². The van der Waals surface area contributed by atoms with Gasteiger partial charge in [0.05, 0.1) is 12.1 Å². The molecular weight excluding hydrogens is 312 g/mol. The quantitative estimate of drug-likeness (QED) is 0.882. The first-order valence-corrected chi connectivity index (χ1v) is 9.12. The van der Waals surface area contributed by atoms with Gasteiger partial charge in [0.25, 0.3) is 0 Å². The van der Waals surface area contributed by atoms with E-state index < -0.39 is 0 Å². The SMILES string of the molecule is O=C(Nc1ccc(-c2ccccc2)cc1)N1CC2CC3CC2C1C3O. The first-order chi connectivity index (χ1) is 12.2. The van der Waals surface area contributed by atoms with E-state index in [0.29, 0.717) is 17.8 Å². The Labute approximate surface area is 147 Å². The van der Waals surface area contributed by atoms with Crippen molar-refractivity contribution < 1.29 is 9.90 Å². The predicted octanol–water partition coefficient (Wildman–Crippen LogP) is 3.59. The number of urea groups is 1. The maximum atomic E-state index is 12.7. The summed E-state index contributed by atoms with van der Waals surface area (Å²) < 4.78 is 0. The van der Waals surface area contributed by atoms with Gasteiger partial charge < -0.3 is 15.3 Å². The number of nitrogens with zero attached hydrogens (tertiary/aromatic N) is 1. The molecule has 25 heavy (non-hydrogen) atoms. The van der Waals surface area contributed by atoms with Gasteiger partial charge in [0.1, 0.15) is 0 Å². The van der Waals surface area contributed by atoms with Gasteiger partial charge in [-0.1, -0.05) is 42.5 Å². The zero-order valence-electron chi connectivity index (χ0n) is 14.0. The number of hydrogen-bond donors (Lipinski definition) is 2. The second kappa shape index (κ2) is 5.60. The third kappa shape index (κ3) is 2.35. The molecule has 1 aliphatic heterocycles. The summed E-state index contributed by atoms with van der Waals surface area (Å²) in [7, 11) is 0. The van der Waals surface area contributed by atoms with Crippen LogP contribution in [0, 0.1) is 17.8 Å². The molecule has 5 atom stereocenters. The number of carbonyl (C=O) groups is 1. The van der Waals surface area contributed by atoms with Gasteiger partial charge in [0.2, 0.25) is 0 Å². The Morgan fingerprint density at radius 3 is 2.40 bits per heavy atom. The standard InChI is InChI=1S/C21H22N2O2/c24-20-15-10-16-12-23(19(20)18(16)11-15)21(25)22-17-8-6-14(7-9-17)13-4-2-1-3-5-13/h1-9,15-16,18-20,24H,10-12H2,(H,22,25). The number of aliphatic hydroxyl groups is 1. The number of rotatable bonds is 2. The van der Waals surface area contributed by atoms with Gasteiger partial charge >= 0.3 is 6.03 Å². The molecule has 4 nitrogen and oxygen atoms in total. The minimum atomic E-state index is -0.338. The van der Waals surface area contributed by atoms with Crippen molar-refractivity contribution in [2.24, 2.45) is 17.8 Å². The summed E-state index contributed by atoms with van der Waals surface area (Å²) in [6, 6.07) is 18.1. The monoisotopic (exact) mass is 334 g/mol. The summed E-state index contributed by atoms with van der Waals surface area (Å²) >= 11 is 0. The normalized spacial score (nSPS) is 32.2. The van der Waals surface area contributed by atoms with E-state index in [2.05, 4.69) is 17.4 Å². The van der Waals surface area contributed by atoms with Gasteiger partial charge in [-0.2, -0.15) is 0 Å². The number of likely N-dealkylation sites (tertiary alicyclic amines) is 1. The first-order valence-electron chi connectivity index (χ1n) is 9.12. The number of amides is 2. The third-order valence-corrected chi connectivity index (χ3v) is 6.35. The molecule has 0 aromatic heterocycles. The smallest absolute Gasteiger partial charge is 0.322 e. The highest BCUT2D eigenvalue weighted by atomic mass is 16.3. The summed E-state index contributed by atoms with van der Waals surface area (Å²) in [5.74, 6) is 1.50. The van der Waals surface area contributed by atoms with Crippen LogP contribution in [-0.2, 0) is 0 Å². The van der Waals surface area contributed by atoms with Crippen molar-refractivity contribution in [3.05, 3.63) is 54.6 Å². The van der Waals surface area contributed by atoms with Crippen LogP contribution in [0.1, 0.15) is 12.8 Å². The maximum Gasteiger partial charge on any atom is 0.322 e. The second-order valence-electron chi connectivity index (χ2n) is 7.66. The van der Waals surface area contributed by atoms with Crippen LogP contribution in [0.3, 0.4) is 0 Å². The Morgan fingerprint density at radius 1 is 0.960 bits per heavy atom. The number of benzene rings is 2. The van der Waals surface area contributed by atoms with Gasteiger partial charge in [-0.15, -0.1) is 0 Å². The minimum Gasteiger partial charge on any atom is -0.391 e. The Bertz CT molecular complexity index is 787. The van der Waals surface area contributed by atoms with E-state index >= 15 is 0 Å². The topological polar surface area (TPSA) is 52.6 Å². The average Bonchev–Trinajstić information content (AvgIpc) is 3.26. The van der Waals surface area contributed by atoms with Crippen LogP contribution in [0.15, 0.2) is 54.6 Å². The fourth-order valence-electron chi connectivity index (χ4n) is 5.22. The lowest BCUT2D eigenvalue weighted by Crippen LogP contribution is -2.45. The molecule has 1 saturated heterocycles. The zero-order chi connectivity index (χ0) is 17.0. The van der Waals surface area contributed by atoms with E-state index in [1.807, 2.05) is 47.4 Å². The van der Waals surface area contributed by atoms with E-state index in [0.717, 1.165) is 36.2 Å². The van der Waals surface area contributed by atoms with Gasteiger partial charge in [-0.05, 0) is 53.9 Å². The molecule has 2 aliphatic carbocycles. The van der Waals surface area contributed by atoms with Gasteiger partial charge in [-0.3, -0.25) is 0 Å². The Kier molecular flexibility index (Phi) is 3.35. The molecule has 3 aliphatic rings. The molecule has 2 bridgehead atoms. The molecule has 5 unspecified atom stereocenters. The van der Waals surface area contributed by atoms with Crippen molar-refractivity contribution in [3.63, 3.8) is 0 Å². The highest BCUT2D eigenvalue weighted by Gasteiger charge is 2.59. The zero-order valence-corrected chi connectivity index (χ0v) is 14.0. The molecule has 5 rings (SSSR count). The molecule has 0 spiro atoms. The van der Waals surface area contributed by atoms with Crippen molar-refractivity contribution in [2.75, 3.05) is 11.9 Å². The summed E-state index contributed by atoms with van der Waals surface area (Å²) in [5, 5.41) is 13.4. The van der Waals surface area contributed by atoms with E-state index in [1.165, 1.54) is 0 Å². The largest absolute Gasteiger partial charge is 0.391 e. The maximum absolute atomic E-state index is 12.7. The molecule has 0 radical (unpaired) electrons. The second-order valence-corrected chi connectivity index (χ2v) is 7.66. The lowest BCUT2D eigenvalue weighted by molar-refractivity contribution is 0.0631. The fourth-order valence-corrected chi connectivity index (χ4v) is 5.22. The molecule has 2 saturated carbocycles. The van der Waals surface area contributed by atoms with E-state index in [4.69, 9.17) is 0 Å². The van der Waals surface area contributed by atoms with Crippen LogP contribution in [0.5, 0.6) is 0 Å². The number of carbonyl (C=O) groups excluding carboxylic acids is 1. The van der Waals surface area contributed by atoms with Crippen molar-refractivity contribution in [1.29, 1.82) is 0 Å². The molecule has 3 fully saturated rings. The highest BCUT2D eigenvalue weighted by molar-refractivity contribution is 5.90. The summed E-state index contributed by atoms with van der Waals surface area (Å²) in [6.45, 7) is 0.789. The summed E-state index contributed by atoms with van der Waals surface area (Å²) in [5.41, 5.74) is 3.09. The van der Waals surface area contributed by atoms with Gasteiger partial charge in [0.15, 0.2) is 0 Å². The highest BCUT2D eigenvalue weighted by Crippen LogP contribution is 2.54. The molecule has 128 valence electrons. The fraction of sp³-hybridized carbons (Fsp3) is 0.381. The van der Waals surface area contributed by atoms with Crippen LogP contribution < -0.4 is 5.32 Å². The molecule has 2 aromatic carbocycles. The van der Waals surface area contributed by atoms with Gasteiger partial charge in [-0.25, -0.2) is 4.79 Å². The van der Waals surface area contributed by atoms with Crippen molar-refractivity contribution in [3.8, 4) is 11.1 Å². The number of fused-ring (bicyclic) bond motifs is 1. The molecule has 2 aromatic rings. The number of aliphatic hydroxyl groups excluding tert-OH is 1. The number of hydrogen-bond acceptors (Lipinski definition) is 2. The van der Waals surface area contributed by atoms with Crippen LogP contribution >= 0.6 is 0 Å². The summed E-state index contributed by atoms with van der Waals surface area (Å²) in [6.07, 6.45) is 1.83. The lowest BCUT2D eigenvalue weighted by atomic mass is 9.88. The van der Waals surface area contributed by atoms with Gasteiger partial charge in [0, 0.05) is 12.2 Å².